The van der Waals surface area contributed by atoms with Crippen molar-refractivity contribution in [1.82, 2.24) is 0 Å². The normalized spacial score (nSPS) is 28.3. The highest BCUT2D eigenvalue weighted by Crippen LogP contribution is 2.44. The highest BCUT2D eigenvalue weighted by molar-refractivity contribution is 5.26. The van der Waals surface area contributed by atoms with Gasteiger partial charge in [0.2, 0.25) is 0 Å². The predicted octanol–water partition coefficient (Wildman–Crippen LogP) is 8.79. The molecule has 0 spiro atoms. The molecular weight excluding hydrogens is 369 g/mol. The molecule has 2 saturated carbocycles. The van der Waals surface area contributed by atoms with Gasteiger partial charge in [0.25, 0.3) is 6.43 Å². The molecule has 3 heteroatoms. The second-order valence-electron chi connectivity index (χ2n) is 9.25. The fourth-order valence-corrected chi connectivity index (χ4v) is 5.50. The van der Waals surface area contributed by atoms with Crippen molar-refractivity contribution in [3.63, 3.8) is 0 Å². The summed E-state index contributed by atoms with van der Waals surface area (Å²) in [5, 5.41) is 0. The van der Waals surface area contributed by atoms with E-state index in [4.69, 9.17) is 0 Å². The van der Waals surface area contributed by atoms with Crippen LogP contribution in [0, 0.1) is 17.8 Å². The number of alkyl halides is 3. The van der Waals surface area contributed by atoms with Crippen molar-refractivity contribution < 1.29 is 13.2 Å². The van der Waals surface area contributed by atoms with E-state index in [9.17, 15) is 13.2 Å². The highest BCUT2D eigenvalue weighted by Gasteiger charge is 2.31. The van der Waals surface area contributed by atoms with Gasteiger partial charge in [-0.2, -0.15) is 0 Å². The molecule has 29 heavy (non-hydrogen) atoms. The molecule has 0 radical (unpaired) electrons. The number of benzene rings is 1. The first kappa shape index (κ1) is 22.4. The second-order valence-corrected chi connectivity index (χ2v) is 9.25. The molecule has 0 N–H and O–H groups in total. The number of halogens is 3. The summed E-state index contributed by atoms with van der Waals surface area (Å²) in [5.41, 5.74) is 1.38. The highest BCUT2D eigenvalue weighted by atomic mass is 19.3. The third kappa shape index (κ3) is 6.89. The van der Waals surface area contributed by atoms with E-state index in [-0.39, 0.29) is 12.2 Å². The SMILES string of the molecule is FCCCCC=CC[C@H]1CC[C@H]([C@H]2CC[C@H](c3ccc(C(F)F)cc3)CC2)CC1. The first-order valence-corrected chi connectivity index (χ1v) is 11.8. The van der Waals surface area contributed by atoms with Gasteiger partial charge >= 0.3 is 0 Å². The molecule has 1 aromatic rings. The minimum absolute atomic E-state index is 0.133. The summed E-state index contributed by atoms with van der Waals surface area (Å²) in [4.78, 5) is 0. The molecule has 0 saturated heterocycles. The van der Waals surface area contributed by atoms with Gasteiger partial charge in [-0.1, -0.05) is 36.4 Å². The summed E-state index contributed by atoms with van der Waals surface area (Å²) in [5.74, 6) is 3.15. The number of rotatable bonds is 9. The summed E-state index contributed by atoms with van der Waals surface area (Å²) in [6, 6.07) is 7.04. The van der Waals surface area contributed by atoms with E-state index >= 15 is 0 Å². The molecule has 2 aliphatic rings. The lowest BCUT2D eigenvalue weighted by atomic mass is 9.68. The predicted molar refractivity (Wildman–Crippen MR) is 115 cm³/mol. The van der Waals surface area contributed by atoms with Gasteiger partial charge in [0.15, 0.2) is 0 Å². The molecule has 1 aromatic carbocycles. The Morgan fingerprint density at radius 3 is 2.00 bits per heavy atom. The molecular formula is C26H37F3. The van der Waals surface area contributed by atoms with Gasteiger partial charge in [0.1, 0.15) is 0 Å². The van der Waals surface area contributed by atoms with Crippen LogP contribution in [-0.2, 0) is 0 Å². The van der Waals surface area contributed by atoms with Crippen LogP contribution in [0.25, 0.3) is 0 Å². The molecule has 0 bridgehead atoms. The zero-order valence-electron chi connectivity index (χ0n) is 17.7. The standard InChI is InChI=1S/C26H37F3/c27-19-5-3-1-2-4-6-20-7-9-21(10-8-20)22-11-13-23(14-12-22)24-15-17-25(18-16-24)26(28)29/h2,4,15-18,20-23,26H,1,3,5-14,19H2/t20-,21-,22-,23-. The van der Waals surface area contributed by atoms with Crippen LogP contribution < -0.4 is 0 Å². The molecule has 2 aliphatic carbocycles. The van der Waals surface area contributed by atoms with Crippen molar-refractivity contribution in [2.24, 2.45) is 17.8 Å². The monoisotopic (exact) mass is 406 g/mol. The topological polar surface area (TPSA) is 0 Å². The van der Waals surface area contributed by atoms with Crippen LogP contribution in [-0.4, -0.2) is 6.67 Å². The van der Waals surface area contributed by atoms with Crippen molar-refractivity contribution in [1.29, 1.82) is 0 Å². The smallest absolute Gasteiger partial charge is 0.251 e. The second kappa shape index (κ2) is 11.8. The van der Waals surface area contributed by atoms with E-state index in [0.717, 1.165) is 30.6 Å². The van der Waals surface area contributed by atoms with E-state index in [1.807, 2.05) is 12.1 Å². The Balaban J connectivity index is 1.35. The third-order valence-corrected chi connectivity index (χ3v) is 7.38. The first-order valence-electron chi connectivity index (χ1n) is 11.8. The number of hydrogen-bond donors (Lipinski definition) is 0. The van der Waals surface area contributed by atoms with Crippen LogP contribution in [0.3, 0.4) is 0 Å². The van der Waals surface area contributed by atoms with Gasteiger partial charge in [0, 0.05) is 5.56 Å². The first-order chi connectivity index (χ1) is 14.2. The summed E-state index contributed by atoms with van der Waals surface area (Å²) in [7, 11) is 0. The Labute approximate surface area is 175 Å². The molecule has 0 amide bonds. The van der Waals surface area contributed by atoms with Gasteiger partial charge in [-0.15, -0.1) is 0 Å². The van der Waals surface area contributed by atoms with Crippen LogP contribution in [0.1, 0.15) is 101 Å². The number of unbranched alkanes of at least 4 members (excludes halogenated alkanes) is 2. The molecule has 0 atom stereocenters. The molecule has 3 rings (SSSR count). The summed E-state index contributed by atoms with van der Waals surface area (Å²) in [6.45, 7) is -0.190. The van der Waals surface area contributed by atoms with E-state index in [1.54, 1.807) is 12.1 Å². The maximum Gasteiger partial charge on any atom is 0.263 e. The Bertz CT molecular complexity index is 591. The quantitative estimate of drug-likeness (QED) is 0.284. The zero-order valence-corrected chi connectivity index (χ0v) is 17.7. The average Bonchev–Trinajstić information content (AvgIpc) is 2.77. The van der Waals surface area contributed by atoms with Gasteiger partial charge in [0.05, 0.1) is 6.67 Å². The van der Waals surface area contributed by atoms with E-state index < -0.39 is 6.43 Å². The summed E-state index contributed by atoms with van der Waals surface area (Å²) in [6.07, 6.45) is 16.6. The van der Waals surface area contributed by atoms with Crippen molar-refractivity contribution in [2.75, 3.05) is 6.67 Å². The molecule has 0 heterocycles. The summed E-state index contributed by atoms with van der Waals surface area (Å²) >= 11 is 0. The molecule has 2 fully saturated rings. The van der Waals surface area contributed by atoms with Crippen molar-refractivity contribution in [2.45, 2.75) is 89.4 Å². The lowest BCUT2D eigenvalue weighted by molar-refractivity contribution is 0.151. The maximum absolute atomic E-state index is 12.7. The van der Waals surface area contributed by atoms with E-state index in [1.165, 1.54) is 63.4 Å². The lowest BCUT2D eigenvalue weighted by Gasteiger charge is -2.38. The van der Waals surface area contributed by atoms with Crippen molar-refractivity contribution in [3.05, 3.63) is 47.5 Å². The molecule has 0 aliphatic heterocycles. The van der Waals surface area contributed by atoms with Crippen LogP contribution in [0.4, 0.5) is 13.2 Å². The van der Waals surface area contributed by atoms with Crippen LogP contribution in [0.2, 0.25) is 0 Å². The van der Waals surface area contributed by atoms with E-state index in [0.29, 0.717) is 12.3 Å². The Hall–Kier alpha value is -1.25. The minimum atomic E-state index is -2.37. The third-order valence-electron chi connectivity index (χ3n) is 7.38. The molecule has 0 aromatic heterocycles. The van der Waals surface area contributed by atoms with Gasteiger partial charge in [-0.05, 0) is 106 Å². The Morgan fingerprint density at radius 1 is 0.793 bits per heavy atom. The zero-order chi connectivity index (χ0) is 20.5. The van der Waals surface area contributed by atoms with Crippen LogP contribution in [0.15, 0.2) is 36.4 Å². The van der Waals surface area contributed by atoms with Crippen molar-refractivity contribution in [3.8, 4) is 0 Å². The molecule has 0 unspecified atom stereocenters. The van der Waals surface area contributed by atoms with Crippen LogP contribution in [0.5, 0.6) is 0 Å². The molecule has 0 nitrogen and oxygen atoms in total. The van der Waals surface area contributed by atoms with Gasteiger partial charge in [-0.3, -0.25) is 4.39 Å². The fraction of sp³-hybridized carbons (Fsp3) is 0.692. The largest absolute Gasteiger partial charge is 0.263 e. The maximum atomic E-state index is 12.7. The minimum Gasteiger partial charge on any atom is -0.251 e. The van der Waals surface area contributed by atoms with Gasteiger partial charge in [-0.25, -0.2) is 8.78 Å². The lowest BCUT2D eigenvalue weighted by Crippen LogP contribution is -2.25. The molecule has 162 valence electrons. The van der Waals surface area contributed by atoms with Crippen molar-refractivity contribution >= 4 is 0 Å². The van der Waals surface area contributed by atoms with Crippen LogP contribution >= 0.6 is 0 Å². The number of allylic oxidation sites excluding steroid dienone is 2. The van der Waals surface area contributed by atoms with Gasteiger partial charge < -0.3 is 0 Å². The number of hydrogen-bond acceptors (Lipinski definition) is 0. The summed E-state index contributed by atoms with van der Waals surface area (Å²) < 4.78 is 37.6. The average molecular weight is 407 g/mol. The fourth-order valence-electron chi connectivity index (χ4n) is 5.50. The Morgan fingerprint density at radius 2 is 1.41 bits per heavy atom. The Kier molecular flexibility index (Phi) is 9.14. The van der Waals surface area contributed by atoms with E-state index in [2.05, 4.69) is 12.2 Å².